The van der Waals surface area contributed by atoms with Gasteiger partial charge in [-0.15, -0.1) is 0 Å². The number of rotatable bonds is 6. The smallest absolute Gasteiger partial charge is 0.320 e. The Bertz CT molecular complexity index is 545. The van der Waals surface area contributed by atoms with Gasteiger partial charge >= 0.3 is 5.97 Å². The van der Waals surface area contributed by atoms with Gasteiger partial charge < -0.3 is 9.84 Å². The van der Waals surface area contributed by atoms with Crippen molar-refractivity contribution in [2.24, 2.45) is 5.92 Å². The first-order chi connectivity index (χ1) is 11.2. The number of aryl methyl sites for hydroxylation is 1. The molecule has 1 aliphatic carbocycles. The Morgan fingerprint density at radius 3 is 2.87 bits per heavy atom. The summed E-state index contributed by atoms with van der Waals surface area (Å²) in [6.45, 7) is 3.51. The van der Waals surface area contributed by atoms with Crippen LogP contribution < -0.4 is 4.74 Å². The molecular formula is C19H27NO3. The highest BCUT2D eigenvalue weighted by Crippen LogP contribution is 2.39. The van der Waals surface area contributed by atoms with E-state index >= 15 is 0 Å². The summed E-state index contributed by atoms with van der Waals surface area (Å²) in [5.41, 5.74) is 1.14. The lowest BCUT2D eigenvalue weighted by atomic mass is 9.85. The monoisotopic (exact) mass is 317 g/mol. The fourth-order valence-corrected chi connectivity index (χ4v) is 4.26. The standard InChI is InChI=1S/C19H27NO3/c1-14-7-2-5-10-18(14)23-12-6-11-20-16-9-4-3-8-15(16)13-17(20)19(21)22/h2,5,7,10,15-17H,3-4,6,8-9,11-13H2,1H3,(H,21,22). The van der Waals surface area contributed by atoms with E-state index in [0.29, 0.717) is 18.6 Å². The van der Waals surface area contributed by atoms with Crippen LogP contribution in [0.4, 0.5) is 0 Å². The van der Waals surface area contributed by atoms with Crippen molar-refractivity contribution < 1.29 is 14.6 Å². The minimum atomic E-state index is -0.653. The summed E-state index contributed by atoms with van der Waals surface area (Å²) >= 11 is 0. The van der Waals surface area contributed by atoms with E-state index in [9.17, 15) is 9.90 Å². The Kier molecular flexibility index (Phi) is 5.21. The third-order valence-electron chi connectivity index (χ3n) is 5.42. The van der Waals surface area contributed by atoms with Crippen LogP contribution in [0.15, 0.2) is 24.3 Å². The highest BCUT2D eigenvalue weighted by molar-refractivity contribution is 5.74. The number of carbonyl (C=O) groups is 1. The van der Waals surface area contributed by atoms with Gasteiger partial charge in [0.25, 0.3) is 0 Å². The number of fused-ring (bicyclic) bond motifs is 1. The molecule has 126 valence electrons. The van der Waals surface area contributed by atoms with Gasteiger partial charge in [-0.2, -0.15) is 0 Å². The molecule has 2 aliphatic rings. The summed E-state index contributed by atoms with van der Waals surface area (Å²) in [5, 5.41) is 9.53. The van der Waals surface area contributed by atoms with Crippen molar-refractivity contribution in [3.63, 3.8) is 0 Å². The van der Waals surface area contributed by atoms with E-state index in [4.69, 9.17) is 4.74 Å². The number of ether oxygens (including phenoxy) is 1. The molecule has 1 aliphatic heterocycles. The van der Waals surface area contributed by atoms with Gasteiger partial charge in [0.1, 0.15) is 11.8 Å². The van der Waals surface area contributed by atoms with Gasteiger partial charge in [0.05, 0.1) is 6.61 Å². The maximum atomic E-state index is 11.6. The first-order valence-corrected chi connectivity index (χ1v) is 8.84. The fraction of sp³-hybridized carbons (Fsp3) is 0.632. The van der Waals surface area contributed by atoms with E-state index < -0.39 is 5.97 Å². The highest BCUT2D eigenvalue weighted by Gasteiger charge is 2.44. The first-order valence-electron chi connectivity index (χ1n) is 8.84. The van der Waals surface area contributed by atoms with Crippen LogP contribution in [0, 0.1) is 12.8 Å². The second-order valence-corrected chi connectivity index (χ2v) is 6.91. The predicted molar refractivity (Wildman–Crippen MR) is 89.8 cm³/mol. The Morgan fingerprint density at radius 2 is 2.09 bits per heavy atom. The van der Waals surface area contributed by atoms with Crippen LogP contribution in [0.25, 0.3) is 0 Å². The largest absolute Gasteiger partial charge is 0.493 e. The zero-order valence-electron chi connectivity index (χ0n) is 13.9. The van der Waals surface area contributed by atoms with E-state index in [-0.39, 0.29) is 6.04 Å². The molecule has 0 radical (unpaired) electrons. The number of likely N-dealkylation sites (tertiary alicyclic amines) is 1. The van der Waals surface area contributed by atoms with E-state index in [1.807, 2.05) is 31.2 Å². The lowest BCUT2D eigenvalue weighted by Crippen LogP contribution is -2.43. The average molecular weight is 317 g/mol. The number of benzene rings is 1. The number of hydrogen-bond acceptors (Lipinski definition) is 3. The second kappa shape index (κ2) is 7.35. The van der Waals surface area contributed by atoms with Crippen LogP contribution in [0.1, 0.15) is 44.1 Å². The molecule has 4 nitrogen and oxygen atoms in total. The van der Waals surface area contributed by atoms with Crippen LogP contribution in [0.2, 0.25) is 0 Å². The maximum Gasteiger partial charge on any atom is 0.320 e. The second-order valence-electron chi connectivity index (χ2n) is 6.91. The van der Waals surface area contributed by atoms with E-state index in [0.717, 1.165) is 37.1 Å². The Balaban J connectivity index is 1.53. The molecule has 1 heterocycles. The van der Waals surface area contributed by atoms with Gasteiger partial charge in [0.15, 0.2) is 0 Å². The number of hydrogen-bond donors (Lipinski definition) is 1. The molecule has 0 spiro atoms. The molecule has 23 heavy (non-hydrogen) atoms. The third kappa shape index (κ3) is 3.69. The summed E-state index contributed by atoms with van der Waals surface area (Å²) < 4.78 is 5.85. The lowest BCUT2D eigenvalue weighted by molar-refractivity contribution is -0.142. The van der Waals surface area contributed by atoms with Crippen LogP contribution in [0.3, 0.4) is 0 Å². The minimum Gasteiger partial charge on any atom is -0.493 e. The average Bonchev–Trinajstić information content (AvgIpc) is 2.92. The van der Waals surface area contributed by atoms with Crippen LogP contribution in [-0.4, -0.2) is 41.2 Å². The van der Waals surface area contributed by atoms with Gasteiger partial charge in [0.2, 0.25) is 0 Å². The quantitative estimate of drug-likeness (QED) is 0.816. The van der Waals surface area contributed by atoms with Crippen LogP contribution >= 0.6 is 0 Å². The molecule has 3 atom stereocenters. The predicted octanol–water partition coefficient (Wildman–Crippen LogP) is 3.48. The SMILES string of the molecule is Cc1ccccc1OCCCN1C(C(=O)O)CC2CCCCC21. The van der Waals surface area contributed by atoms with Gasteiger partial charge in [-0.1, -0.05) is 31.0 Å². The summed E-state index contributed by atoms with van der Waals surface area (Å²) in [6.07, 6.45) is 6.57. The molecule has 0 bridgehead atoms. The van der Waals surface area contributed by atoms with E-state index in [1.165, 1.54) is 19.3 Å². The highest BCUT2D eigenvalue weighted by atomic mass is 16.5. The Hall–Kier alpha value is -1.55. The maximum absolute atomic E-state index is 11.6. The van der Waals surface area contributed by atoms with E-state index in [2.05, 4.69) is 4.90 Å². The summed E-state index contributed by atoms with van der Waals surface area (Å²) in [6, 6.07) is 8.21. The fourth-order valence-electron chi connectivity index (χ4n) is 4.26. The third-order valence-corrected chi connectivity index (χ3v) is 5.42. The van der Waals surface area contributed by atoms with Crippen molar-refractivity contribution in [2.75, 3.05) is 13.2 Å². The van der Waals surface area contributed by atoms with Crippen molar-refractivity contribution in [3.8, 4) is 5.75 Å². The molecule has 2 fully saturated rings. The Morgan fingerprint density at radius 1 is 1.30 bits per heavy atom. The van der Waals surface area contributed by atoms with E-state index in [1.54, 1.807) is 0 Å². The normalized spacial score (nSPS) is 27.6. The van der Waals surface area contributed by atoms with Crippen molar-refractivity contribution in [3.05, 3.63) is 29.8 Å². The lowest BCUT2D eigenvalue weighted by Gasteiger charge is -2.32. The van der Waals surface area contributed by atoms with Crippen molar-refractivity contribution in [1.29, 1.82) is 0 Å². The zero-order valence-corrected chi connectivity index (χ0v) is 13.9. The summed E-state index contributed by atoms with van der Waals surface area (Å²) in [7, 11) is 0. The molecule has 3 rings (SSSR count). The number of para-hydroxylation sites is 1. The van der Waals surface area contributed by atoms with Crippen molar-refractivity contribution in [1.82, 2.24) is 4.90 Å². The molecule has 4 heteroatoms. The minimum absolute atomic E-state index is 0.290. The number of nitrogens with zero attached hydrogens (tertiary/aromatic N) is 1. The van der Waals surface area contributed by atoms with Crippen LogP contribution in [0.5, 0.6) is 5.75 Å². The number of carboxylic acids is 1. The number of carboxylic acid groups (broad SMARTS) is 1. The molecule has 1 saturated carbocycles. The molecule has 1 aromatic carbocycles. The van der Waals surface area contributed by atoms with Gasteiger partial charge in [-0.05, 0) is 50.2 Å². The van der Waals surface area contributed by atoms with Crippen LogP contribution in [-0.2, 0) is 4.79 Å². The Labute approximate surface area is 138 Å². The molecule has 1 N–H and O–H groups in total. The molecule has 3 unspecified atom stereocenters. The topological polar surface area (TPSA) is 49.8 Å². The summed E-state index contributed by atoms with van der Waals surface area (Å²) in [4.78, 5) is 13.8. The zero-order chi connectivity index (χ0) is 16.2. The molecule has 0 aromatic heterocycles. The van der Waals surface area contributed by atoms with Gasteiger partial charge in [-0.25, -0.2) is 0 Å². The summed E-state index contributed by atoms with van der Waals surface area (Å²) in [5.74, 6) is 0.862. The molecular weight excluding hydrogens is 290 g/mol. The van der Waals surface area contributed by atoms with Crippen molar-refractivity contribution >= 4 is 5.97 Å². The molecule has 1 saturated heterocycles. The van der Waals surface area contributed by atoms with Crippen molar-refractivity contribution in [2.45, 2.75) is 57.5 Å². The molecule has 1 aromatic rings. The van der Waals surface area contributed by atoms with Gasteiger partial charge in [-0.3, -0.25) is 9.69 Å². The van der Waals surface area contributed by atoms with Gasteiger partial charge in [0, 0.05) is 12.6 Å². The number of aliphatic carboxylic acids is 1. The first kappa shape index (κ1) is 16.3. The molecule has 0 amide bonds.